The number of amides is 1. The van der Waals surface area contributed by atoms with Crippen LogP contribution in [-0.2, 0) is 24.8 Å². The number of hydrogen-bond donors (Lipinski definition) is 1. The Morgan fingerprint density at radius 1 is 1.50 bits per heavy atom. The Balaban J connectivity index is 2.13. The van der Waals surface area contributed by atoms with E-state index in [0.29, 0.717) is 6.54 Å². The van der Waals surface area contributed by atoms with Crippen molar-refractivity contribution in [1.29, 1.82) is 0 Å². The molecular formula is C13H22N4O. The summed E-state index contributed by atoms with van der Waals surface area (Å²) in [5.41, 5.74) is 1.72. The van der Waals surface area contributed by atoms with Gasteiger partial charge in [-0.3, -0.25) is 9.48 Å². The molecule has 0 spiro atoms. The first-order valence-electron chi connectivity index (χ1n) is 6.50. The normalized spacial score (nSPS) is 19.3. The molecule has 2 rings (SSSR count). The molecule has 0 atom stereocenters. The average molecular weight is 250 g/mol. The molecule has 1 saturated heterocycles. The quantitative estimate of drug-likeness (QED) is 0.859. The van der Waals surface area contributed by atoms with Crippen molar-refractivity contribution < 1.29 is 4.79 Å². The lowest BCUT2D eigenvalue weighted by Crippen LogP contribution is -2.60. The Kier molecular flexibility index (Phi) is 3.43. The van der Waals surface area contributed by atoms with Gasteiger partial charge in [-0.05, 0) is 26.3 Å². The fraction of sp³-hybridized carbons (Fsp3) is 0.692. The van der Waals surface area contributed by atoms with Crippen LogP contribution in [0.4, 0.5) is 0 Å². The largest absolute Gasteiger partial charge is 0.334 e. The van der Waals surface area contributed by atoms with Gasteiger partial charge < -0.3 is 10.2 Å². The fourth-order valence-corrected chi connectivity index (χ4v) is 2.31. The summed E-state index contributed by atoms with van der Waals surface area (Å²) in [6, 6.07) is 2.09. The molecule has 1 aliphatic rings. The van der Waals surface area contributed by atoms with Crippen molar-refractivity contribution in [3.63, 3.8) is 0 Å². The summed E-state index contributed by atoms with van der Waals surface area (Å²) < 4.78 is 1.88. The summed E-state index contributed by atoms with van der Waals surface area (Å²) >= 11 is 0. The molecule has 1 aliphatic heterocycles. The van der Waals surface area contributed by atoms with E-state index >= 15 is 0 Å². The molecule has 0 bridgehead atoms. The second kappa shape index (κ2) is 4.72. The van der Waals surface area contributed by atoms with E-state index in [4.69, 9.17) is 0 Å². The minimum atomic E-state index is -0.454. The zero-order chi connectivity index (χ0) is 13.3. The number of nitrogens with one attached hydrogen (secondary N) is 1. The van der Waals surface area contributed by atoms with Crippen LogP contribution in [0.15, 0.2) is 6.07 Å². The number of nitrogens with zero attached hydrogens (tertiary/aromatic N) is 3. The summed E-state index contributed by atoms with van der Waals surface area (Å²) in [7, 11) is 1.94. The van der Waals surface area contributed by atoms with Gasteiger partial charge in [-0.15, -0.1) is 0 Å². The van der Waals surface area contributed by atoms with Crippen LogP contribution in [0.25, 0.3) is 0 Å². The average Bonchev–Trinajstić information content (AvgIpc) is 2.66. The molecule has 18 heavy (non-hydrogen) atoms. The molecule has 0 saturated carbocycles. The lowest BCUT2D eigenvalue weighted by Gasteiger charge is -2.38. The summed E-state index contributed by atoms with van der Waals surface area (Å²) in [4.78, 5) is 14.2. The first-order chi connectivity index (χ1) is 8.44. The van der Waals surface area contributed by atoms with Crippen LogP contribution in [0, 0.1) is 0 Å². The molecule has 100 valence electrons. The molecule has 5 heteroatoms. The van der Waals surface area contributed by atoms with E-state index in [2.05, 4.69) is 23.4 Å². The number of aromatic nitrogens is 2. The van der Waals surface area contributed by atoms with Gasteiger partial charge in [-0.2, -0.15) is 5.10 Å². The van der Waals surface area contributed by atoms with Crippen molar-refractivity contribution in [1.82, 2.24) is 20.0 Å². The summed E-state index contributed by atoms with van der Waals surface area (Å²) in [5, 5.41) is 7.66. The number of piperazine rings is 1. The Hall–Kier alpha value is -1.36. The monoisotopic (exact) mass is 250 g/mol. The molecule has 0 aliphatic carbocycles. The molecular weight excluding hydrogens is 228 g/mol. The molecule has 0 aromatic carbocycles. The standard InChI is InChI=1S/C13H22N4O/c1-5-10-8-11(16(4)15-10)9-17-7-6-14-13(2,3)12(17)18/h8,14H,5-7,9H2,1-4H3. The van der Waals surface area contributed by atoms with E-state index in [1.165, 1.54) is 0 Å². The third-order valence-corrected chi connectivity index (χ3v) is 3.51. The van der Waals surface area contributed by atoms with Crippen molar-refractivity contribution in [3.05, 3.63) is 17.5 Å². The summed E-state index contributed by atoms with van der Waals surface area (Å²) in [6.45, 7) is 8.20. The van der Waals surface area contributed by atoms with E-state index in [-0.39, 0.29) is 5.91 Å². The first kappa shape index (κ1) is 13.1. The van der Waals surface area contributed by atoms with Crippen molar-refractivity contribution in [3.8, 4) is 0 Å². The zero-order valence-corrected chi connectivity index (χ0v) is 11.7. The minimum Gasteiger partial charge on any atom is -0.334 e. The van der Waals surface area contributed by atoms with Gasteiger partial charge in [-0.1, -0.05) is 6.92 Å². The third-order valence-electron chi connectivity index (χ3n) is 3.51. The van der Waals surface area contributed by atoms with E-state index in [9.17, 15) is 4.79 Å². The van der Waals surface area contributed by atoms with Crippen molar-refractivity contribution in [2.75, 3.05) is 13.1 Å². The van der Waals surface area contributed by atoms with Crippen LogP contribution in [0.3, 0.4) is 0 Å². The van der Waals surface area contributed by atoms with Crippen molar-refractivity contribution in [2.24, 2.45) is 7.05 Å². The molecule has 1 fully saturated rings. The van der Waals surface area contributed by atoms with Crippen LogP contribution in [0.5, 0.6) is 0 Å². The third kappa shape index (κ3) is 2.41. The van der Waals surface area contributed by atoms with Gasteiger partial charge in [0.25, 0.3) is 0 Å². The number of hydrogen-bond acceptors (Lipinski definition) is 3. The van der Waals surface area contributed by atoms with Gasteiger partial charge >= 0.3 is 0 Å². The van der Waals surface area contributed by atoms with Crippen LogP contribution in [0.1, 0.15) is 32.2 Å². The zero-order valence-electron chi connectivity index (χ0n) is 11.7. The second-order valence-corrected chi connectivity index (χ2v) is 5.38. The number of carbonyl (C=O) groups is 1. The fourth-order valence-electron chi connectivity index (χ4n) is 2.31. The van der Waals surface area contributed by atoms with Gasteiger partial charge in [0.2, 0.25) is 5.91 Å². The van der Waals surface area contributed by atoms with Gasteiger partial charge in [0.05, 0.1) is 23.5 Å². The lowest BCUT2D eigenvalue weighted by molar-refractivity contribution is -0.140. The van der Waals surface area contributed by atoms with Crippen molar-refractivity contribution >= 4 is 5.91 Å². The second-order valence-electron chi connectivity index (χ2n) is 5.38. The highest BCUT2D eigenvalue weighted by molar-refractivity contribution is 5.86. The summed E-state index contributed by atoms with van der Waals surface area (Å²) in [6.07, 6.45) is 0.925. The number of aryl methyl sites for hydroxylation is 2. The molecule has 5 nitrogen and oxygen atoms in total. The van der Waals surface area contributed by atoms with E-state index in [1.54, 1.807) is 0 Å². The highest BCUT2D eigenvalue weighted by Gasteiger charge is 2.35. The molecule has 1 aromatic rings. The topological polar surface area (TPSA) is 50.2 Å². The van der Waals surface area contributed by atoms with Crippen LogP contribution in [-0.4, -0.2) is 39.2 Å². The number of rotatable bonds is 3. The SMILES string of the molecule is CCc1cc(CN2CCNC(C)(C)C2=O)n(C)n1. The number of carbonyl (C=O) groups excluding carboxylic acids is 1. The Bertz CT molecular complexity index is 450. The molecule has 2 heterocycles. The Labute approximate surface area is 108 Å². The lowest BCUT2D eigenvalue weighted by atomic mass is 10.0. The van der Waals surface area contributed by atoms with Crippen molar-refractivity contribution in [2.45, 2.75) is 39.3 Å². The Morgan fingerprint density at radius 2 is 2.22 bits per heavy atom. The van der Waals surface area contributed by atoms with E-state index in [1.807, 2.05) is 30.5 Å². The first-order valence-corrected chi connectivity index (χ1v) is 6.50. The molecule has 1 N–H and O–H groups in total. The van der Waals surface area contributed by atoms with Crippen LogP contribution in [0.2, 0.25) is 0 Å². The molecule has 1 aromatic heterocycles. The smallest absolute Gasteiger partial charge is 0.242 e. The molecule has 0 radical (unpaired) electrons. The predicted octanol–water partition coefficient (Wildman–Crippen LogP) is 0.693. The maximum absolute atomic E-state index is 12.3. The predicted molar refractivity (Wildman–Crippen MR) is 70.1 cm³/mol. The van der Waals surface area contributed by atoms with Gasteiger partial charge in [0.1, 0.15) is 0 Å². The Morgan fingerprint density at radius 3 is 2.83 bits per heavy atom. The molecule has 1 amide bonds. The highest BCUT2D eigenvalue weighted by Crippen LogP contribution is 2.16. The van der Waals surface area contributed by atoms with Crippen LogP contribution >= 0.6 is 0 Å². The maximum Gasteiger partial charge on any atom is 0.242 e. The van der Waals surface area contributed by atoms with Crippen LogP contribution < -0.4 is 5.32 Å². The van der Waals surface area contributed by atoms with E-state index in [0.717, 1.165) is 30.9 Å². The van der Waals surface area contributed by atoms with Gasteiger partial charge in [-0.25, -0.2) is 0 Å². The minimum absolute atomic E-state index is 0.160. The van der Waals surface area contributed by atoms with Gasteiger partial charge in [0.15, 0.2) is 0 Å². The van der Waals surface area contributed by atoms with Gasteiger partial charge in [0, 0.05) is 20.1 Å². The summed E-state index contributed by atoms with van der Waals surface area (Å²) in [5.74, 6) is 0.160. The van der Waals surface area contributed by atoms with E-state index < -0.39 is 5.54 Å². The maximum atomic E-state index is 12.3. The highest BCUT2D eigenvalue weighted by atomic mass is 16.2. The molecule has 0 unspecified atom stereocenters.